The summed E-state index contributed by atoms with van der Waals surface area (Å²) in [6.45, 7) is 0.176. The molecule has 1 N–H and O–H groups in total. The average Bonchev–Trinajstić information content (AvgIpc) is 2.25. The first-order valence-corrected chi connectivity index (χ1v) is 6.19. The van der Waals surface area contributed by atoms with Gasteiger partial charge in [-0.1, -0.05) is 34.1 Å². The Morgan fingerprint density at radius 3 is 2.59 bits per heavy atom. The third kappa shape index (κ3) is 5.10. The Hall–Kier alpha value is -0.520. The highest BCUT2D eigenvalue weighted by Gasteiger charge is 2.13. The number of aliphatic hydroxyl groups excluding tert-OH is 1. The molecule has 1 atom stereocenters. The molecule has 2 nitrogen and oxygen atoms in total. The molecule has 0 aliphatic carbocycles. The normalized spacial score (nSPS) is 13.4. The summed E-state index contributed by atoms with van der Waals surface area (Å²) in [5.41, 5.74) is 0.790. The minimum Gasteiger partial charge on any atom is -0.388 e. The zero-order valence-corrected chi connectivity index (χ0v) is 11.2. The molecule has 1 rings (SSSR count). The Balaban J connectivity index is 2.45. The lowest BCUT2D eigenvalue weighted by atomic mass is 10.1. The highest BCUT2D eigenvalue weighted by Crippen LogP contribution is 2.25. The molecule has 0 radical (unpaired) electrons. The van der Waals surface area contributed by atoms with Crippen molar-refractivity contribution in [2.75, 3.05) is 20.1 Å². The van der Waals surface area contributed by atoms with Gasteiger partial charge in [0.15, 0.2) is 0 Å². The predicted molar refractivity (Wildman–Crippen MR) is 67.2 cm³/mol. The second-order valence-corrected chi connectivity index (χ2v) is 4.83. The summed E-state index contributed by atoms with van der Waals surface area (Å²) < 4.78 is 25.0. The summed E-state index contributed by atoms with van der Waals surface area (Å²) in [6.07, 6.45) is -2.53. The molecule has 96 valence electrons. The van der Waals surface area contributed by atoms with Gasteiger partial charge in [0.1, 0.15) is 0 Å². The molecule has 0 aliphatic heterocycles. The van der Waals surface area contributed by atoms with Crippen LogP contribution < -0.4 is 0 Å². The number of benzene rings is 1. The lowest BCUT2D eigenvalue weighted by Crippen LogP contribution is -2.26. The molecule has 0 bridgehead atoms. The molecule has 1 aromatic carbocycles. The molecule has 0 amide bonds. The predicted octanol–water partition coefficient (Wildman–Crippen LogP) is 3.07. The van der Waals surface area contributed by atoms with Crippen molar-refractivity contribution in [3.8, 4) is 0 Å². The third-order valence-corrected chi connectivity index (χ3v) is 3.22. The van der Waals surface area contributed by atoms with Crippen LogP contribution in [0.2, 0.25) is 0 Å². The van der Waals surface area contributed by atoms with Crippen molar-refractivity contribution in [1.29, 1.82) is 0 Å². The quantitative estimate of drug-likeness (QED) is 0.873. The topological polar surface area (TPSA) is 23.5 Å². The minimum absolute atomic E-state index is 0.261. The van der Waals surface area contributed by atoms with Crippen molar-refractivity contribution < 1.29 is 13.9 Å². The SMILES string of the molecule is CN(CCC(O)c1ccccc1Br)CC(F)F. The van der Waals surface area contributed by atoms with E-state index in [0.717, 1.165) is 10.0 Å². The minimum atomic E-state index is -2.33. The lowest BCUT2D eigenvalue weighted by Gasteiger charge is -2.19. The van der Waals surface area contributed by atoms with E-state index in [-0.39, 0.29) is 6.54 Å². The van der Waals surface area contributed by atoms with E-state index in [1.165, 1.54) is 4.90 Å². The van der Waals surface area contributed by atoms with Gasteiger partial charge in [-0.2, -0.15) is 0 Å². The largest absolute Gasteiger partial charge is 0.388 e. The van der Waals surface area contributed by atoms with Crippen molar-refractivity contribution >= 4 is 15.9 Å². The van der Waals surface area contributed by atoms with Crippen molar-refractivity contribution in [3.63, 3.8) is 0 Å². The molecule has 0 fully saturated rings. The molecule has 0 heterocycles. The molecular weight excluding hydrogens is 292 g/mol. The summed E-state index contributed by atoms with van der Waals surface area (Å²) in [6, 6.07) is 7.37. The first kappa shape index (κ1) is 14.5. The van der Waals surface area contributed by atoms with Crippen LogP contribution in [0.15, 0.2) is 28.7 Å². The second-order valence-electron chi connectivity index (χ2n) is 3.98. The van der Waals surface area contributed by atoms with Gasteiger partial charge in [0.05, 0.1) is 12.6 Å². The lowest BCUT2D eigenvalue weighted by molar-refractivity contribution is 0.0873. The van der Waals surface area contributed by atoms with Crippen LogP contribution in [0, 0.1) is 0 Å². The van der Waals surface area contributed by atoms with Crippen LogP contribution in [0.1, 0.15) is 18.1 Å². The van der Waals surface area contributed by atoms with Crippen molar-refractivity contribution in [2.45, 2.75) is 19.0 Å². The highest BCUT2D eigenvalue weighted by atomic mass is 79.9. The van der Waals surface area contributed by atoms with E-state index in [9.17, 15) is 13.9 Å². The van der Waals surface area contributed by atoms with Gasteiger partial charge in [-0.15, -0.1) is 0 Å². The zero-order valence-electron chi connectivity index (χ0n) is 9.61. The summed E-state index contributed by atoms with van der Waals surface area (Å²) in [5, 5.41) is 9.94. The highest BCUT2D eigenvalue weighted by molar-refractivity contribution is 9.10. The van der Waals surface area contributed by atoms with Gasteiger partial charge in [-0.05, 0) is 25.1 Å². The molecule has 1 unspecified atom stereocenters. The van der Waals surface area contributed by atoms with Gasteiger partial charge in [0.2, 0.25) is 0 Å². The fraction of sp³-hybridized carbons (Fsp3) is 0.500. The van der Waals surface area contributed by atoms with Gasteiger partial charge in [0.25, 0.3) is 6.43 Å². The third-order valence-electron chi connectivity index (χ3n) is 2.50. The monoisotopic (exact) mass is 307 g/mol. The van der Waals surface area contributed by atoms with E-state index in [1.807, 2.05) is 24.3 Å². The van der Waals surface area contributed by atoms with Crippen molar-refractivity contribution in [3.05, 3.63) is 34.3 Å². The Labute approximate surface area is 108 Å². The first-order chi connectivity index (χ1) is 8.00. The average molecular weight is 308 g/mol. The fourth-order valence-electron chi connectivity index (χ4n) is 1.57. The van der Waals surface area contributed by atoms with E-state index in [1.54, 1.807) is 7.05 Å². The van der Waals surface area contributed by atoms with E-state index in [0.29, 0.717) is 13.0 Å². The van der Waals surface area contributed by atoms with E-state index < -0.39 is 12.5 Å². The number of rotatable bonds is 6. The molecule has 0 aliphatic rings. The molecule has 0 spiro atoms. The van der Waals surface area contributed by atoms with Gasteiger partial charge in [-0.3, -0.25) is 0 Å². The van der Waals surface area contributed by atoms with Crippen LogP contribution in [0.25, 0.3) is 0 Å². The maximum Gasteiger partial charge on any atom is 0.251 e. The summed E-state index contributed by atoms with van der Waals surface area (Å²) in [4.78, 5) is 1.52. The zero-order chi connectivity index (χ0) is 12.8. The standard InChI is InChI=1S/C12H16BrF2NO/c1-16(8-12(14)15)7-6-11(17)9-4-2-3-5-10(9)13/h2-5,11-12,17H,6-8H2,1H3. The number of halogens is 3. The van der Waals surface area contributed by atoms with E-state index in [2.05, 4.69) is 15.9 Å². The Morgan fingerprint density at radius 1 is 1.35 bits per heavy atom. The van der Waals surface area contributed by atoms with Gasteiger partial charge in [-0.25, -0.2) is 8.78 Å². The van der Waals surface area contributed by atoms with Crippen LogP contribution in [-0.2, 0) is 0 Å². The summed E-state index contributed by atoms with van der Waals surface area (Å²) in [7, 11) is 1.62. The van der Waals surface area contributed by atoms with Crippen LogP contribution >= 0.6 is 15.9 Å². The summed E-state index contributed by atoms with van der Waals surface area (Å²) >= 11 is 3.35. The maximum atomic E-state index is 12.1. The Bertz CT molecular complexity index is 349. The van der Waals surface area contributed by atoms with Crippen LogP contribution in [0.3, 0.4) is 0 Å². The molecule has 5 heteroatoms. The van der Waals surface area contributed by atoms with Crippen molar-refractivity contribution in [2.24, 2.45) is 0 Å². The van der Waals surface area contributed by atoms with Crippen LogP contribution in [-0.4, -0.2) is 36.6 Å². The smallest absolute Gasteiger partial charge is 0.251 e. The van der Waals surface area contributed by atoms with E-state index >= 15 is 0 Å². The molecule has 0 aromatic heterocycles. The number of nitrogens with zero attached hydrogens (tertiary/aromatic N) is 1. The van der Waals surface area contributed by atoms with Gasteiger partial charge in [0, 0.05) is 11.0 Å². The van der Waals surface area contributed by atoms with Gasteiger partial charge >= 0.3 is 0 Å². The van der Waals surface area contributed by atoms with Crippen molar-refractivity contribution in [1.82, 2.24) is 4.90 Å². The summed E-state index contributed by atoms with van der Waals surface area (Å²) in [5.74, 6) is 0. The van der Waals surface area contributed by atoms with Gasteiger partial charge < -0.3 is 10.0 Å². The Morgan fingerprint density at radius 2 is 2.00 bits per heavy atom. The maximum absolute atomic E-state index is 12.1. The molecule has 0 saturated carbocycles. The van der Waals surface area contributed by atoms with Crippen LogP contribution in [0.5, 0.6) is 0 Å². The number of hydrogen-bond donors (Lipinski definition) is 1. The van der Waals surface area contributed by atoms with Crippen LogP contribution in [0.4, 0.5) is 8.78 Å². The number of alkyl halides is 2. The Kier molecular flexibility index (Phi) is 6.02. The molecule has 0 saturated heterocycles. The molecule has 17 heavy (non-hydrogen) atoms. The van der Waals surface area contributed by atoms with E-state index in [4.69, 9.17) is 0 Å². The molecule has 1 aromatic rings. The molecular formula is C12H16BrF2NO. The first-order valence-electron chi connectivity index (χ1n) is 5.40. The number of hydrogen-bond acceptors (Lipinski definition) is 2. The fourth-order valence-corrected chi connectivity index (χ4v) is 2.12. The number of aliphatic hydroxyl groups is 1. The second kappa shape index (κ2) is 7.03.